The number of sulfonamides is 1. The lowest BCUT2D eigenvalue weighted by molar-refractivity contribution is 0.0240. The maximum atomic E-state index is 12.3. The number of aryl methyl sites for hydroxylation is 1. The maximum absolute atomic E-state index is 12.3. The smallest absolute Gasteiger partial charge is 0.410 e. The van der Waals surface area contributed by atoms with Crippen LogP contribution in [0.25, 0.3) is 11.3 Å². The van der Waals surface area contributed by atoms with Crippen molar-refractivity contribution in [2.75, 3.05) is 48.2 Å². The molecule has 1 aromatic heterocycles. The van der Waals surface area contributed by atoms with Gasteiger partial charge in [0, 0.05) is 43.7 Å². The van der Waals surface area contributed by atoms with Gasteiger partial charge in [0.05, 0.1) is 17.6 Å². The first-order valence-electron chi connectivity index (χ1n) is 10.8. The second-order valence-corrected chi connectivity index (χ2v) is 12.0. The number of anilines is 2. The Hall–Kier alpha value is -2.33. The van der Waals surface area contributed by atoms with Crippen LogP contribution in [0, 0.1) is 0 Å². The van der Waals surface area contributed by atoms with E-state index in [0.717, 1.165) is 40.5 Å². The highest BCUT2D eigenvalue weighted by molar-refractivity contribution is 7.92. The maximum Gasteiger partial charge on any atom is 0.410 e. The fourth-order valence-electron chi connectivity index (χ4n) is 4.02. The molecule has 32 heavy (non-hydrogen) atoms. The lowest BCUT2D eigenvalue weighted by Gasteiger charge is -2.35. The van der Waals surface area contributed by atoms with Gasteiger partial charge in [0.1, 0.15) is 5.60 Å². The molecule has 1 saturated heterocycles. The molecule has 2 aromatic rings. The molecule has 3 heterocycles. The Labute approximate surface area is 193 Å². The summed E-state index contributed by atoms with van der Waals surface area (Å²) in [4.78, 5) is 21.0. The molecule has 8 nitrogen and oxygen atoms in total. The number of aromatic nitrogens is 1. The Kier molecular flexibility index (Phi) is 6.10. The van der Waals surface area contributed by atoms with E-state index in [9.17, 15) is 13.2 Å². The van der Waals surface area contributed by atoms with Crippen LogP contribution >= 0.6 is 11.3 Å². The quantitative estimate of drug-likeness (QED) is 0.671. The predicted molar refractivity (Wildman–Crippen MR) is 128 cm³/mol. The van der Waals surface area contributed by atoms with E-state index >= 15 is 0 Å². The van der Waals surface area contributed by atoms with Crippen LogP contribution < -0.4 is 9.21 Å². The Balaban J connectivity index is 1.44. The lowest BCUT2D eigenvalue weighted by atomic mass is 10.00. The van der Waals surface area contributed by atoms with Crippen LogP contribution in [0.4, 0.5) is 15.6 Å². The molecule has 2 aliphatic rings. The van der Waals surface area contributed by atoms with Crippen LogP contribution in [0.1, 0.15) is 32.8 Å². The van der Waals surface area contributed by atoms with Crippen molar-refractivity contribution in [1.82, 2.24) is 9.88 Å². The highest BCUT2D eigenvalue weighted by Gasteiger charge is 2.27. The first-order valence-corrected chi connectivity index (χ1v) is 13.5. The molecule has 174 valence electrons. The van der Waals surface area contributed by atoms with E-state index in [1.165, 1.54) is 10.6 Å². The van der Waals surface area contributed by atoms with Crippen molar-refractivity contribution in [2.45, 2.75) is 39.2 Å². The topological polar surface area (TPSA) is 83.1 Å². The molecular weight excluding hydrogens is 448 g/mol. The molecule has 1 fully saturated rings. The summed E-state index contributed by atoms with van der Waals surface area (Å²) in [6.07, 6.45) is 2.66. The van der Waals surface area contributed by atoms with Gasteiger partial charge < -0.3 is 14.5 Å². The number of hydrogen-bond donors (Lipinski definition) is 0. The highest BCUT2D eigenvalue weighted by atomic mass is 32.2. The largest absolute Gasteiger partial charge is 0.444 e. The predicted octanol–water partition coefficient (Wildman–Crippen LogP) is 3.58. The SMILES string of the molecule is CC(C)(C)OC(=O)N1CCN(c2nc(-c3ccc4c(c3)CCCN4S(C)(=O)=O)cs2)CC1. The third-order valence-corrected chi connectivity index (χ3v) is 7.63. The molecule has 0 bridgehead atoms. The molecule has 0 saturated carbocycles. The summed E-state index contributed by atoms with van der Waals surface area (Å²) in [5.41, 5.74) is 3.20. The fourth-order valence-corrected chi connectivity index (χ4v) is 5.90. The van der Waals surface area contributed by atoms with Gasteiger partial charge in [-0.15, -0.1) is 11.3 Å². The molecule has 10 heteroatoms. The number of fused-ring (bicyclic) bond motifs is 1. The van der Waals surface area contributed by atoms with Crippen molar-refractivity contribution < 1.29 is 17.9 Å². The molecule has 0 radical (unpaired) electrons. The van der Waals surface area contributed by atoms with Crippen molar-refractivity contribution in [3.63, 3.8) is 0 Å². The van der Waals surface area contributed by atoms with Crippen molar-refractivity contribution in [3.8, 4) is 11.3 Å². The Morgan fingerprint density at radius 3 is 2.50 bits per heavy atom. The molecule has 1 aromatic carbocycles. The molecule has 2 aliphatic heterocycles. The number of thiazole rings is 1. The van der Waals surface area contributed by atoms with Crippen LogP contribution in [0.15, 0.2) is 23.6 Å². The van der Waals surface area contributed by atoms with Gasteiger partial charge in [0.2, 0.25) is 10.0 Å². The number of rotatable bonds is 3. The number of piperazine rings is 1. The minimum absolute atomic E-state index is 0.269. The van der Waals surface area contributed by atoms with Gasteiger partial charge in [0.15, 0.2) is 5.13 Å². The van der Waals surface area contributed by atoms with Gasteiger partial charge in [0.25, 0.3) is 0 Å². The van der Waals surface area contributed by atoms with Gasteiger partial charge in [-0.2, -0.15) is 0 Å². The van der Waals surface area contributed by atoms with Crippen molar-refractivity contribution in [2.24, 2.45) is 0 Å². The molecule has 0 unspecified atom stereocenters. The third kappa shape index (κ3) is 5.01. The average Bonchev–Trinajstić information content (AvgIpc) is 3.21. The molecule has 0 atom stereocenters. The molecule has 0 N–H and O–H groups in total. The van der Waals surface area contributed by atoms with E-state index in [2.05, 4.69) is 11.0 Å². The second-order valence-electron chi connectivity index (χ2n) is 9.25. The zero-order valence-corrected chi connectivity index (χ0v) is 20.6. The fraction of sp³-hybridized carbons (Fsp3) is 0.545. The normalized spacial score (nSPS) is 17.3. The number of carbonyl (C=O) groups excluding carboxylic acids is 1. The summed E-state index contributed by atoms with van der Waals surface area (Å²) >= 11 is 1.59. The first kappa shape index (κ1) is 22.8. The summed E-state index contributed by atoms with van der Waals surface area (Å²) in [7, 11) is -3.27. The minimum Gasteiger partial charge on any atom is -0.444 e. The Morgan fingerprint density at radius 1 is 1.12 bits per heavy atom. The lowest BCUT2D eigenvalue weighted by Crippen LogP contribution is -2.50. The number of benzene rings is 1. The molecule has 0 aliphatic carbocycles. The minimum atomic E-state index is -3.27. The number of amides is 1. The van der Waals surface area contributed by atoms with Crippen LogP contribution in [-0.2, 0) is 21.2 Å². The number of carbonyl (C=O) groups is 1. The van der Waals surface area contributed by atoms with E-state index in [-0.39, 0.29) is 6.09 Å². The Morgan fingerprint density at radius 2 is 1.84 bits per heavy atom. The van der Waals surface area contributed by atoms with E-state index in [1.54, 1.807) is 16.2 Å². The third-order valence-electron chi connectivity index (χ3n) is 5.55. The van der Waals surface area contributed by atoms with Crippen molar-refractivity contribution >= 4 is 38.3 Å². The Bertz CT molecular complexity index is 1100. The summed E-state index contributed by atoms with van der Waals surface area (Å²) in [6.45, 7) is 8.77. The van der Waals surface area contributed by atoms with E-state index < -0.39 is 15.6 Å². The molecule has 0 spiro atoms. The van der Waals surface area contributed by atoms with Crippen LogP contribution in [0.3, 0.4) is 0 Å². The van der Waals surface area contributed by atoms with Gasteiger partial charge in [-0.3, -0.25) is 4.31 Å². The molecular formula is C22H30N4O4S2. The van der Waals surface area contributed by atoms with Crippen LogP contribution in [-0.4, -0.2) is 69.0 Å². The summed E-state index contributed by atoms with van der Waals surface area (Å²) in [6, 6.07) is 5.90. The summed E-state index contributed by atoms with van der Waals surface area (Å²) in [5, 5.41) is 2.97. The first-order chi connectivity index (χ1) is 15.0. The van der Waals surface area contributed by atoms with E-state index in [0.29, 0.717) is 32.7 Å². The molecule has 1 amide bonds. The zero-order valence-electron chi connectivity index (χ0n) is 19.0. The standard InChI is InChI=1S/C22H30N4O4S2/c1-22(2,3)30-21(27)25-12-10-24(11-13-25)20-23-18(15-31-20)16-7-8-19-17(14-16)6-5-9-26(19)32(4,28)29/h7-8,14-15H,5-6,9-13H2,1-4H3. The van der Waals surface area contributed by atoms with Crippen LogP contribution in [0.5, 0.6) is 0 Å². The summed E-state index contributed by atoms with van der Waals surface area (Å²) in [5.74, 6) is 0. The second kappa shape index (κ2) is 8.55. The monoisotopic (exact) mass is 478 g/mol. The average molecular weight is 479 g/mol. The van der Waals surface area contributed by atoms with E-state index in [4.69, 9.17) is 9.72 Å². The summed E-state index contributed by atoms with van der Waals surface area (Å²) < 4.78 is 31.1. The highest BCUT2D eigenvalue weighted by Crippen LogP contribution is 2.34. The van der Waals surface area contributed by atoms with E-state index in [1.807, 2.05) is 38.3 Å². The van der Waals surface area contributed by atoms with Gasteiger partial charge in [-0.1, -0.05) is 6.07 Å². The van der Waals surface area contributed by atoms with Crippen molar-refractivity contribution in [3.05, 3.63) is 29.1 Å². The molecule has 4 rings (SSSR count). The van der Waals surface area contributed by atoms with Gasteiger partial charge in [-0.05, 0) is 51.3 Å². The number of hydrogen-bond acceptors (Lipinski definition) is 7. The zero-order chi connectivity index (χ0) is 23.1. The van der Waals surface area contributed by atoms with Gasteiger partial charge in [-0.25, -0.2) is 18.2 Å². The van der Waals surface area contributed by atoms with Crippen molar-refractivity contribution in [1.29, 1.82) is 0 Å². The number of nitrogens with zero attached hydrogens (tertiary/aromatic N) is 4. The van der Waals surface area contributed by atoms with Crippen LogP contribution in [0.2, 0.25) is 0 Å². The number of ether oxygens (including phenoxy) is 1. The van der Waals surface area contributed by atoms with Gasteiger partial charge >= 0.3 is 6.09 Å².